The highest BCUT2D eigenvalue weighted by Gasteiger charge is 2.44. The summed E-state index contributed by atoms with van der Waals surface area (Å²) in [6.45, 7) is 11.9. The van der Waals surface area contributed by atoms with Gasteiger partial charge >= 0.3 is 0 Å². The topological polar surface area (TPSA) is 112 Å². The minimum absolute atomic E-state index is 0.00113. The first-order valence-electron chi connectivity index (χ1n) is 17.5. The Labute approximate surface area is 302 Å². The summed E-state index contributed by atoms with van der Waals surface area (Å²) in [5.74, 6) is 8.35. The van der Waals surface area contributed by atoms with Gasteiger partial charge in [-0.05, 0) is 70.4 Å². The number of hydrogen-bond acceptors (Lipinski definition) is 6. The van der Waals surface area contributed by atoms with Gasteiger partial charge in [-0.25, -0.2) is 0 Å². The second-order valence-corrected chi connectivity index (χ2v) is 15.4. The number of aliphatic hydroxyl groups excluding tert-OH is 3. The maximum absolute atomic E-state index is 13.4. The Kier molecular flexibility index (Phi) is 11.3. The van der Waals surface area contributed by atoms with Crippen molar-refractivity contribution in [3.8, 4) is 37.0 Å². The Morgan fingerprint density at radius 1 is 0.549 bits per heavy atom. The lowest BCUT2D eigenvalue weighted by atomic mass is 9.63. The number of terminal acetylenes is 3. The van der Waals surface area contributed by atoms with Crippen LogP contribution < -0.4 is 0 Å². The third-order valence-corrected chi connectivity index (χ3v) is 10.0. The van der Waals surface area contributed by atoms with E-state index in [4.69, 9.17) is 19.3 Å². The Morgan fingerprint density at radius 2 is 0.784 bits per heavy atom. The third kappa shape index (κ3) is 7.31. The number of aliphatic hydroxyl groups is 3. The first kappa shape index (κ1) is 38.6. The second kappa shape index (κ2) is 14.9. The molecule has 3 atom stereocenters. The predicted molar refractivity (Wildman–Crippen MR) is 202 cm³/mol. The fourth-order valence-corrected chi connectivity index (χ4v) is 7.57. The maximum Gasteiger partial charge on any atom is 0.187 e. The minimum atomic E-state index is -1.22. The Balaban J connectivity index is 2.18. The molecule has 3 aliphatic carbocycles. The van der Waals surface area contributed by atoms with E-state index in [-0.39, 0.29) is 71.1 Å². The average Bonchev–Trinajstić information content (AvgIpc) is 3.10. The number of benzene rings is 1. The smallest absolute Gasteiger partial charge is 0.187 e. The molecule has 51 heavy (non-hydrogen) atoms. The van der Waals surface area contributed by atoms with Crippen LogP contribution >= 0.6 is 0 Å². The molecule has 0 heterocycles. The van der Waals surface area contributed by atoms with Crippen LogP contribution in [0.15, 0.2) is 88.7 Å². The van der Waals surface area contributed by atoms with Crippen molar-refractivity contribution in [3.05, 3.63) is 105 Å². The van der Waals surface area contributed by atoms with Gasteiger partial charge in [-0.2, -0.15) is 0 Å². The van der Waals surface area contributed by atoms with Crippen molar-refractivity contribution >= 4 is 17.3 Å². The van der Waals surface area contributed by atoms with Gasteiger partial charge in [0.25, 0.3) is 0 Å². The Hall–Kier alpha value is -5.25. The Morgan fingerprint density at radius 3 is 0.961 bits per heavy atom. The van der Waals surface area contributed by atoms with E-state index in [1.807, 2.05) is 59.7 Å². The molecule has 0 amide bonds. The van der Waals surface area contributed by atoms with Crippen LogP contribution in [0.2, 0.25) is 0 Å². The van der Waals surface area contributed by atoms with Gasteiger partial charge in [-0.15, -0.1) is 19.3 Å². The number of allylic oxidation sites excluding steroid dienone is 9. The van der Waals surface area contributed by atoms with Crippen LogP contribution in [0, 0.1) is 54.8 Å². The number of hydrogen-bond donors (Lipinski definition) is 3. The maximum atomic E-state index is 13.4. The molecule has 1 aromatic carbocycles. The van der Waals surface area contributed by atoms with Crippen molar-refractivity contribution < 1.29 is 29.7 Å². The number of Topliss-reactive ketones (excluding diaryl/α,β-unsaturated/α-hetero) is 3. The molecule has 0 saturated carbocycles. The van der Waals surface area contributed by atoms with Gasteiger partial charge in [0.15, 0.2) is 17.3 Å². The SMILES string of the molecule is C#CC1(c2cc(C3(C#C)C=C(CC(C)C)C(=O)/C(=C\O)C3)cc(C3(C#C)C=C(CC(C)C)C(=O)/C(=C/O)C3)c2)C=C(CC(C)C)C(=O)/C(=C\O)C1. The zero-order chi connectivity index (χ0) is 37.9. The van der Waals surface area contributed by atoms with Gasteiger partial charge in [0.2, 0.25) is 0 Å². The van der Waals surface area contributed by atoms with Crippen molar-refractivity contribution in [1.29, 1.82) is 0 Å². The molecule has 0 spiro atoms. The van der Waals surface area contributed by atoms with E-state index in [9.17, 15) is 29.7 Å². The Bertz CT molecular complexity index is 1720. The minimum Gasteiger partial charge on any atom is -0.515 e. The third-order valence-electron chi connectivity index (χ3n) is 10.0. The standard InChI is InChI=1S/C45H48O6/c1-10-43(19-31(13-28(4)5)40(49)34(22-43)25-46)37-16-38(44(11-2)20-32(14-29(6)7)41(50)35(23-44)26-47)18-39(17-37)45(12-3)21-33(15-30(8)9)42(51)36(24-45)27-48/h1-3,16-21,25-30,46-48H,13-15,22-24H2,4-9H3/b34-25-,35-26-,36-27+. The molecule has 0 fully saturated rings. The molecule has 0 aromatic heterocycles. The van der Waals surface area contributed by atoms with Crippen molar-refractivity contribution in [1.82, 2.24) is 0 Å². The largest absolute Gasteiger partial charge is 0.515 e. The molecular weight excluding hydrogens is 636 g/mol. The number of carbonyl (C=O) groups is 3. The molecule has 3 unspecified atom stereocenters. The van der Waals surface area contributed by atoms with Crippen LogP contribution in [-0.4, -0.2) is 32.7 Å². The van der Waals surface area contributed by atoms with E-state index in [2.05, 4.69) is 17.8 Å². The van der Waals surface area contributed by atoms with E-state index in [0.717, 1.165) is 18.8 Å². The van der Waals surface area contributed by atoms with Crippen molar-refractivity contribution in [2.24, 2.45) is 17.8 Å². The summed E-state index contributed by atoms with van der Waals surface area (Å²) < 4.78 is 0. The molecule has 3 N–H and O–H groups in total. The van der Waals surface area contributed by atoms with Crippen molar-refractivity contribution in [2.45, 2.75) is 96.3 Å². The molecule has 4 rings (SSSR count). The van der Waals surface area contributed by atoms with Gasteiger partial charge < -0.3 is 15.3 Å². The zero-order valence-electron chi connectivity index (χ0n) is 30.5. The van der Waals surface area contributed by atoms with Crippen molar-refractivity contribution in [3.63, 3.8) is 0 Å². The predicted octanol–water partition coefficient (Wildman–Crippen LogP) is 8.46. The summed E-state index contributed by atoms with van der Waals surface area (Å²) in [6, 6.07) is 5.60. The highest BCUT2D eigenvalue weighted by atomic mass is 16.2. The molecule has 264 valence electrons. The van der Waals surface area contributed by atoms with E-state index in [0.29, 0.717) is 52.7 Å². The number of carbonyl (C=O) groups excluding carboxylic acids is 3. The van der Waals surface area contributed by atoms with E-state index < -0.39 is 16.2 Å². The number of ketones is 3. The molecule has 0 radical (unpaired) electrons. The van der Waals surface area contributed by atoms with E-state index in [1.54, 1.807) is 18.2 Å². The molecule has 1 aromatic rings. The highest BCUT2D eigenvalue weighted by molar-refractivity contribution is 6.11. The van der Waals surface area contributed by atoms with Crippen LogP contribution in [0.1, 0.15) is 96.8 Å². The van der Waals surface area contributed by atoms with E-state index in [1.165, 1.54) is 0 Å². The first-order chi connectivity index (χ1) is 24.1. The van der Waals surface area contributed by atoms with Crippen molar-refractivity contribution in [2.75, 3.05) is 0 Å². The first-order valence-corrected chi connectivity index (χ1v) is 17.5. The molecule has 0 aliphatic heterocycles. The quantitative estimate of drug-likeness (QED) is 0.137. The summed E-state index contributed by atoms with van der Waals surface area (Å²) in [5.41, 5.74) is -0.0385. The van der Waals surface area contributed by atoms with Crippen LogP contribution in [0.4, 0.5) is 0 Å². The summed E-state index contributed by atoms with van der Waals surface area (Å²) >= 11 is 0. The lowest BCUT2D eigenvalue weighted by Gasteiger charge is -2.38. The van der Waals surface area contributed by atoms with Gasteiger partial charge in [0, 0.05) is 36.0 Å². The fourth-order valence-electron chi connectivity index (χ4n) is 7.57. The molecule has 0 bridgehead atoms. The van der Waals surface area contributed by atoms with Gasteiger partial charge in [0.1, 0.15) is 0 Å². The molecular formula is C45H48O6. The normalized spacial score (nSPS) is 27.8. The fraction of sp³-hybridized carbons (Fsp3) is 0.400. The molecule has 3 aliphatic rings. The highest BCUT2D eigenvalue weighted by Crippen LogP contribution is 2.48. The molecule has 6 nitrogen and oxygen atoms in total. The monoisotopic (exact) mass is 684 g/mol. The lowest BCUT2D eigenvalue weighted by Crippen LogP contribution is -2.36. The molecule has 0 saturated heterocycles. The van der Waals surface area contributed by atoms with Gasteiger partial charge in [-0.3, -0.25) is 14.4 Å². The van der Waals surface area contributed by atoms with Crippen LogP contribution in [0.3, 0.4) is 0 Å². The lowest BCUT2D eigenvalue weighted by molar-refractivity contribution is -0.113. The second-order valence-electron chi connectivity index (χ2n) is 15.4. The van der Waals surface area contributed by atoms with E-state index >= 15 is 0 Å². The summed E-state index contributed by atoms with van der Waals surface area (Å²) in [7, 11) is 0. The van der Waals surface area contributed by atoms with Gasteiger partial charge in [-0.1, -0.05) is 95.7 Å². The summed E-state index contributed by atoms with van der Waals surface area (Å²) in [6.07, 6.45) is 28.3. The van der Waals surface area contributed by atoms with Crippen LogP contribution in [0.5, 0.6) is 0 Å². The molecule has 6 heteroatoms. The summed E-state index contributed by atoms with van der Waals surface area (Å²) in [4.78, 5) is 40.3. The van der Waals surface area contributed by atoms with Gasteiger partial charge in [0.05, 0.1) is 35.0 Å². The number of rotatable bonds is 9. The zero-order valence-corrected chi connectivity index (χ0v) is 30.5. The average molecular weight is 685 g/mol. The van der Waals surface area contributed by atoms with Crippen LogP contribution in [-0.2, 0) is 30.6 Å². The van der Waals surface area contributed by atoms with Crippen LogP contribution in [0.25, 0.3) is 0 Å². The summed E-state index contributed by atoms with van der Waals surface area (Å²) in [5, 5.41) is 30.8.